The minimum absolute atomic E-state index is 0. The predicted octanol–water partition coefficient (Wildman–Crippen LogP) is -0.124. The van der Waals surface area contributed by atoms with Crippen molar-refractivity contribution in [2.45, 2.75) is 0 Å². The van der Waals surface area contributed by atoms with Gasteiger partial charge in [-0.1, -0.05) is 0 Å². The van der Waals surface area contributed by atoms with E-state index in [0.717, 1.165) is 17.4 Å². The zero-order valence-corrected chi connectivity index (χ0v) is 9.38. The quantitative estimate of drug-likeness (QED) is 0.609. The molecule has 0 bridgehead atoms. The SMILES string of the molecule is [Nd].[O]=[V].[Y]. The standard InChI is InChI=1S/Nd.O.V.Y. The first-order valence-corrected chi connectivity index (χ1v) is 0.753. The summed E-state index contributed by atoms with van der Waals surface area (Å²) in [6.45, 7) is 0. The van der Waals surface area contributed by atoms with Crippen LogP contribution in [0.15, 0.2) is 0 Å². The maximum absolute atomic E-state index is 8.19. The van der Waals surface area contributed by atoms with Crippen molar-refractivity contribution >= 4 is 0 Å². The summed E-state index contributed by atoms with van der Waals surface area (Å²) in [4.78, 5) is 0. The van der Waals surface area contributed by atoms with Crippen molar-refractivity contribution in [3.05, 3.63) is 0 Å². The minimum Gasteiger partial charge on any atom is 0 e. The van der Waals surface area contributed by atoms with Crippen LogP contribution in [-0.2, 0) is 53.8 Å². The van der Waals surface area contributed by atoms with E-state index in [1.54, 1.807) is 0 Å². The first-order valence-electron chi connectivity index (χ1n) is 0.183. The van der Waals surface area contributed by atoms with E-state index in [-0.39, 0.29) is 73.5 Å². The van der Waals surface area contributed by atoms with Crippen molar-refractivity contribution in [3.8, 4) is 0 Å². The van der Waals surface area contributed by atoms with Gasteiger partial charge in [0.25, 0.3) is 0 Å². The second-order valence-electron chi connectivity index (χ2n) is 0. The van der Waals surface area contributed by atoms with E-state index in [1.807, 2.05) is 0 Å². The molecule has 0 saturated heterocycles. The van der Waals surface area contributed by atoms with Crippen molar-refractivity contribution in [1.82, 2.24) is 0 Å². The number of hydrogen-bond acceptors (Lipinski definition) is 1. The molecule has 0 unspecified atom stereocenters. The Balaban J connectivity index is -0.00000000500. The van der Waals surface area contributed by atoms with E-state index in [0.29, 0.717) is 0 Å². The topological polar surface area (TPSA) is 17.1 Å². The van der Waals surface area contributed by atoms with Gasteiger partial charge in [0.1, 0.15) is 0 Å². The Morgan fingerprint density at radius 1 is 1.25 bits per heavy atom. The summed E-state index contributed by atoms with van der Waals surface area (Å²) in [5, 5.41) is 0. The zero-order chi connectivity index (χ0) is 2.00. The molecule has 18 valence electrons. The van der Waals surface area contributed by atoms with Gasteiger partial charge >= 0.3 is 21.0 Å². The fraction of sp³-hybridized carbons (Fsp3) is 0. The van der Waals surface area contributed by atoms with Gasteiger partial charge in [-0.25, -0.2) is 0 Å². The summed E-state index contributed by atoms with van der Waals surface area (Å²) in [6, 6.07) is 0. The van der Waals surface area contributed by atoms with Crippen molar-refractivity contribution in [1.29, 1.82) is 0 Å². The first kappa shape index (κ1) is 15.8. The average Bonchev–Trinajstić information content (AvgIpc) is 1.00. The van der Waals surface area contributed by atoms with Gasteiger partial charge in [-0.15, -0.1) is 0 Å². The van der Waals surface area contributed by atoms with E-state index in [4.69, 9.17) is 3.67 Å². The largest absolute Gasteiger partial charge is 0 e. The van der Waals surface area contributed by atoms with Gasteiger partial charge in [0.2, 0.25) is 0 Å². The third-order valence-corrected chi connectivity index (χ3v) is 0. The van der Waals surface area contributed by atoms with Crippen LogP contribution in [0.4, 0.5) is 0 Å². The molecule has 0 amide bonds. The van der Waals surface area contributed by atoms with Gasteiger partial charge in [-0.05, 0) is 0 Å². The maximum Gasteiger partial charge on any atom is 0 e. The Bertz CT molecular complexity index is 8.00. The molecule has 0 aromatic carbocycles. The molecule has 0 aromatic rings. The van der Waals surface area contributed by atoms with E-state index in [1.165, 1.54) is 0 Å². The fourth-order valence-electron chi connectivity index (χ4n) is 0. The smallest absolute Gasteiger partial charge is 0 e. The van der Waals surface area contributed by atoms with E-state index < -0.39 is 0 Å². The van der Waals surface area contributed by atoms with E-state index in [9.17, 15) is 0 Å². The zero-order valence-electron chi connectivity index (χ0n) is 1.93. The van der Waals surface area contributed by atoms with Crippen molar-refractivity contribution < 1.29 is 94.6 Å². The number of rotatable bonds is 0. The molecule has 1 radical (unpaired) electrons. The van der Waals surface area contributed by atoms with Crippen molar-refractivity contribution in [2.75, 3.05) is 0 Å². The third-order valence-electron chi connectivity index (χ3n) is 0. The Labute approximate surface area is 92.3 Å². The summed E-state index contributed by atoms with van der Waals surface area (Å²) in [6.07, 6.45) is 0. The monoisotopic (exact) mass is 298 g/mol. The molecule has 0 fully saturated rings. The molecule has 0 rings (SSSR count). The Kier molecular flexibility index (Phi) is 67.1. The summed E-state index contributed by atoms with van der Waals surface area (Å²) < 4.78 is 8.19. The van der Waals surface area contributed by atoms with Crippen LogP contribution in [-0.4, -0.2) is 0 Å². The van der Waals surface area contributed by atoms with Crippen LogP contribution in [0, 0.1) is 40.8 Å². The molecular formula is NdOVY. The molecule has 0 aliphatic rings. The molecule has 0 aliphatic heterocycles. The van der Waals surface area contributed by atoms with E-state index in [2.05, 4.69) is 0 Å². The molecule has 0 atom stereocenters. The van der Waals surface area contributed by atoms with Gasteiger partial charge in [0.05, 0.1) is 0 Å². The number of hydrogen-bond donors (Lipinski definition) is 0. The van der Waals surface area contributed by atoms with Gasteiger partial charge in [-0.2, -0.15) is 0 Å². The van der Waals surface area contributed by atoms with Crippen LogP contribution in [0.25, 0.3) is 0 Å². The van der Waals surface area contributed by atoms with Crippen LogP contribution in [0.3, 0.4) is 0 Å². The molecule has 0 heterocycles. The molecule has 0 N–H and O–H groups in total. The van der Waals surface area contributed by atoms with Crippen LogP contribution in [0.1, 0.15) is 0 Å². The minimum atomic E-state index is 0. The van der Waals surface area contributed by atoms with Crippen LogP contribution >= 0.6 is 0 Å². The molecule has 0 saturated carbocycles. The third kappa shape index (κ3) is 8.85. The first-order chi connectivity index (χ1) is 1.00. The Hall–Kier alpha value is 2.84. The molecule has 4 heteroatoms. The van der Waals surface area contributed by atoms with Gasteiger partial charge < -0.3 is 0 Å². The van der Waals surface area contributed by atoms with Crippen LogP contribution in [0.5, 0.6) is 0 Å². The van der Waals surface area contributed by atoms with Gasteiger partial charge in [-0.3, -0.25) is 0 Å². The molecule has 0 spiro atoms. The summed E-state index contributed by atoms with van der Waals surface area (Å²) >= 11 is 1.06. The predicted molar refractivity (Wildman–Crippen MR) is 0.686 cm³/mol. The summed E-state index contributed by atoms with van der Waals surface area (Å²) in [5.41, 5.74) is 0. The molecule has 0 aromatic heterocycles. The van der Waals surface area contributed by atoms with Crippen molar-refractivity contribution in [2.24, 2.45) is 0 Å². The van der Waals surface area contributed by atoms with Gasteiger partial charge in [0.15, 0.2) is 0 Å². The maximum atomic E-state index is 8.19. The van der Waals surface area contributed by atoms with Crippen LogP contribution in [0.2, 0.25) is 0 Å². The average molecular weight is 300 g/mol. The second-order valence-corrected chi connectivity index (χ2v) is 0. The van der Waals surface area contributed by atoms with E-state index >= 15 is 0 Å². The Morgan fingerprint density at radius 2 is 1.25 bits per heavy atom. The molecule has 0 aliphatic carbocycles. The summed E-state index contributed by atoms with van der Waals surface area (Å²) in [7, 11) is 0. The van der Waals surface area contributed by atoms with Gasteiger partial charge in [0, 0.05) is 73.5 Å². The van der Waals surface area contributed by atoms with Crippen LogP contribution < -0.4 is 0 Å². The Morgan fingerprint density at radius 3 is 1.25 bits per heavy atom. The molecular weight excluding hydrogens is 300 g/mol. The normalized spacial score (nSPS) is 0.750. The fourth-order valence-corrected chi connectivity index (χ4v) is 0. The molecule has 4 heavy (non-hydrogen) atoms. The second kappa shape index (κ2) is 17.0. The summed E-state index contributed by atoms with van der Waals surface area (Å²) in [5.74, 6) is 0. The molecule has 1 nitrogen and oxygen atoms in total. The van der Waals surface area contributed by atoms with Crippen molar-refractivity contribution in [3.63, 3.8) is 0 Å².